The Kier molecular flexibility index (Phi) is 5.95. The molecule has 2 amide bonds. The smallest absolute Gasteiger partial charge is 0.317 e. The highest BCUT2D eigenvalue weighted by atomic mass is 35.5. The molecule has 1 aromatic carbocycles. The first-order valence-corrected chi connectivity index (χ1v) is 8.26. The number of nitrogens with one attached hydrogen (secondary N) is 1. The molecule has 22 heavy (non-hydrogen) atoms. The number of carbonyl (C=O) groups is 1. The van der Waals surface area contributed by atoms with Crippen molar-refractivity contribution in [1.29, 1.82) is 0 Å². The average molecular weight is 345 g/mol. The summed E-state index contributed by atoms with van der Waals surface area (Å²) >= 11 is 12.0. The molecule has 2 atom stereocenters. The summed E-state index contributed by atoms with van der Waals surface area (Å²) in [7, 11) is 1.70. The topological polar surface area (TPSA) is 52.6 Å². The molecule has 122 valence electrons. The van der Waals surface area contributed by atoms with Gasteiger partial charge in [-0.2, -0.15) is 0 Å². The Morgan fingerprint density at radius 3 is 2.73 bits per heavy atom. The number of aliphatic hydroxyl groups is 1. The van der Waals surface area contributed by atoms with E-state index in [1.807, 2.05) is 13.0 Å². The van der Waals surface area contributed by atoms with E-state index in [0.29, 0.717) is 28.9 Å². The summed E-state index contributed by atoms with van der Waals surface area (Å²) in [6.45, 7) is 2.29. The van der Waals surface area contributed by atoms with Gasteiger partial charge in [0.15, 0.2) is 0 Å². The van der Waals surface area contributed by atoms with Crippen LogP contribution >= 0.6 is 23.2 Å². The fourth-order valence-corrected chi connectivity index (χ4v) is 2.87. The Labute approximate surface area is 141 Å². The largest absolute Gasteiger partial charge is 0.391 e. The van der Waals surface area contributed by atoms with Crippen LogP contribution in [0, 0.1) is 5.92 Å². The monoisotopic (exact) mass is 344 g/mol. The fraction of sp³-hybridized carbons (Fsp3) is 0.562. The second kappa shape index (κ2) is 7.53. The van der Waals surface area contributed by atoms with Gasteiger partial charge in [-0.25, -0.2) is 4.79 Å². The summed E-state index contributed by atoms with van der Waals surface area (Å²) in [5.74, 6) is 0.362. The van der Waals surface area contributed by atoms with Crippen molar-refractivity contribution < 1.29 is 9.90 Å². The summed E-state index contributed by atoms with van der Waals surface area (Å²) in [6.07, 6.45) is 2.32. The van der Waals surface area contributed by atoms with Crippen LogP contribution < -0.4 is 5.32 Å². The number of amides is 2. The number of rotatable bonds is 6. The molecule has 0 aromatic heterocycles. The molecule has 1 saturated carbocycles. The minimum Gasteiger partial charge on any atom is -0.391 e. The Morgan fingerprint density at radius 2 is 2.14 bits per heavy atom. The Morgan fingerprint density at radius 1 is 1.45 bits per heavy atom. The molecule has 6 heteroatoms. The number of nitrogens with zero attached hydrogens (tertiary/aromatic N) is 1. The lowest BCUT2D eigenvalue weighted by Crippen LogP contribution is -2.45. The molecule has 0 saturated heterocycles. The first-order valence-electron chi connectivity index (χ1n) is 7.50. The van der Waals surface area contributed by atoms with Gasteiger partial charge in [0.25, 0.3) is 0 Å². The molecule has 1 fully saturated rings. The highest BCUT2D eigenvalue weighted by Crippen LogP contribution is 2.32. The van der Waals surface area contributed by atoms with Crippen LogP contribution in [0.25, 0.3) is 0 Å². The van der Waals surface area contributed by atoms with E-state index in [1.54, 1.807) is 19.2 Å². The summed E-state index contributed by atoms with van der Waals surface area (Å²) in [5, 5.41) is 14.0. The number of urea groups is 1. The van der Waals surface area contributed by atoms with Crippen LogP contribution in [0.1, 0.15) is 25.3 Å². The molecule has 2 rings (SSSR count). The molecule has 0 heterocycles. The van der Waals surface area contributed by atoms with Gasteiger partial charge in [-0.3, -0.25) is 0 Å². The number of benzene rings is 1. The standard InChI is InChI=1S/C16H22Cl2N2O2/c1-10(7-12-5-6-13(17)8-14(12)18)19-16(22)20(2)9-15(21)11-3-4-11/h5-6,8,10-11,15,21H,3-4,7,9H2,1-2H3,(H,19,22). The zero-order valence-electron chi connectivity index (χ0n) is 12.9. The highest BCUT2D eigenvalue weighted by Gasteiger charge is 2.31. The van der Waals surface area contributed by atoms with Crippen LogP contribution in [-0.4, -0.2) is 41.8 Å². The molecule has 4 nitrogen and oxygen atoms in total. The van der Waals surface area contributed by atoms with Crippen LogP contribution in [0.15, 0.2) is 18.2 Å². The molecule has 0 radical (unpaired) electrons. The van der Waals surface area contributed by atoms with Gasteiger partial charge in [0.1, 0.15) is 0 Å². The number of likely N-dealkylation sites (N-methyl/N-ethyl adjacent to an activating group) is 1. The van der Waals surface area contributed by atoms with Crippen molar-refractivity contribution in [3.05, 3.63) is 33.8 Å². The van der Waals surface area contributed by atoms with Crippen molar-refractivity contribution in [2.75, 3.05) is 13.6 Å². The van der Waals surface area contributed by atoms with E-state index < -0.39 is 6.10 Å². The van der Waals surface area contributed by atoms with E-state index in [4.69, 9.17) is 23.2 Å². The van der Waals surface area contributed by atoms with Crippen molar-refractivity contribution in [1.82, 2.24) is 10.2 Å². The van der Waals surface area contributed by atoms with Crippen LogP contribution in [0.2, 0.25) is 10.0 Å². The zero-order chi connectivity index (χ0) is 16.3. The summed E-state index contributed by atoms with van der Waals surface area (Å²) < 4.78 is 0. The van der Waals surface area contributed by atoms with Crippen molar-refractivity contribution in [2.24, 2.45) is 5.92 Å². The van der Waals surface area contributed by atoms with Gasteiger partial charge in [0, 0.05) is 29.7 Å². The number of carbonyl (C=O) groups excluding carboxylic acids is 1. The predicted octanol–water partition coefficient (Wildman–Crippen LogP) is 3.34. The Bertz CT molecular complexity index is 535. The van der Waals surface area contributed by atoms with Gasteiger partial charge in [-0.1, -0.05) is 29.3 Å². The lowest BCUT2D eigenvalue weighted by atomic mass is 10.1. The van der Waals surface area contributed by atoms with Crippen molar-refractivity contribution in [3.63, 3.8) is 0 Å². The molecule has 0 aliphatic heterocycles. The van der Waals surface area contributed by atoms with Crippen molar-refractivity contribution >= 4 is 29.2 Å². The number of hydrogen-bond acceptors (Lipinski definition) is 2. The molecule has 1 aromatic rings. The number of aliphatic hydroxyl groups excluding tert-OH is 1. The SMILES string of the molecule is CC(Cc1ccc(Cl)cc1Cl)NC(=O)N(C)CC(O)C1CC1. The third-order valence-electron chi connectivity index (χ3n) is 3.88. The molecule has 2 unspecified atom stereocenters. The van der Waals surface area contributed by atoms with Crippen molar-refractivity contribution in [2.45, 2.75) is 38.3 Å². The zero-order valence-corrected chi connectivity index (χ0v) is 14.4. The lowest BCUT2D eigenvalue weighted by molar-refractivity contribution is 0.112. The van der Waals surface area contributed by atoms with Crippen LogP contribution in [0.4, 0.5) is 4.79 Å². The van der Waals surface area contributed by atoms with E-state index >= 15 is 0 Å². The molecule has 1 aliphatic rings. The van der Waals surface area contributed by atoms with Gasteiger partial charge in [-0.15, -0.1) is 0 Å². The van der Waals surface area contributed by atoms with Gasteiger partial charge < -0.3 is 15.3 Å². The second-order valence-corrected chi connectivity index (χ2v) is 6.92. The summed E-state index contributed by atoms with van der Waals surface area (Å²) in [4.78, 5) is 13.6. The number of hydrogen-bond donors (Lipinski definition) is 2. The van der Waals surface area contributed by atoms with Crippen LogP contribution in [0.3, 0.4) is 0 Å². The summed E-state index contributed by atoms with van der Waals surface area (Å²) in [5.41, 5.74) is 0.944. The Hall–Kier alpha value is -0.970. The van der Waals surface area contributed by atoms with Crippen LogP contribution in [0.5, 0.6) is 0 Å². The van der Waals surface area contributed by atoms with Crippen molar-refractivity contribution in [3.8, 4) is 0 Å². The molecular formula is C16H22Cl2N2O2. The molecule has 0 spiro atoms. The van der Waals surface area contributed by atoms with E-state index in [-0.39, 0.29) is 12.1 Å². The quantitative estimate of drug-likeness (QED) is 0.831. The van der Waals surface area contributed by atoms with E-state index in [1.165, 1.54) is 4.90 Å². The van der Waals surface area contributed by atoms with Gasteiger partial charge >= 0.3 is 6.03 Å². The second-order valence-electron chi connectivity index (χ2n) is 6.08. The fourth-order valence-electron chi connectivity index (χ4n) is 2.38. The van der Waals surface area contributed by atoms with E-state index in [2.05, 4.69) is 5.32 Å². The molecule has 2 N–H and O–H groups in total. The Balaban J connectivity index is 1.82. The minimum absolute atomic E-state index is 0.0632. The maximum absolute atomic E-state index is 12.1. The van der Waals surface area contributed by atoms with Gasteiger partial charge in [0.2, 0.25) is 0 Å². The average Bonchev–Trinajstić information content (AvgIpc) is 3.26. The molecular weight excluding hydrogens is 323 g/mol. The van der Waals surface area contributed by atoms with Gasteiger partial charge in [0.05, 0.1) is 6.10 Å². The highest BCUT2D eigenvalue weighted by molar-refractivity contribution is 6.35. The van der Waals surface area contributed by atoms with E-state index in [0.717, 1.165) is 18.4 Å². The van der Waals surface area contributed by atoms with Gasteiger partial charge in [-0.05, 0) is 49.8 Å². The van der Waals surface area contributed by atoms with Crippen LogP contribution in [-0.2, 0) is 6.42 Å². The minimum atomic E-state index is -0.420. The first kappa shape index (κ1) is 17.4. The maximum atomic E-state index is 12.1. The molecule has 0 bridgehead atoms. The molecule has 1 aliphatic carbocycles. The maximum Gasteiger partial charge on any atom is 0.317 e. The normalized spacial score (nSPS) is 17.0. The van der Waals surface area contributed by atoms with E-state index in [9.17, 15) is 9.90 Å². The third-order valence-corrected chi connectivity index (χ3v) is 4.47. The lowest BCUT2D eigenvalue weighted by Gasteiger charge is -2.24. The summed E-state index contributed by atoms with van der Waals surface area (Å²) in [6, 6.07) is 5.11. The first-order chi connectivity index (χ1) is 10.4. The third kappa shape index (κ3) is 5.04. The predicted molar refractivity (Wildman–Crippen MR) is 89.5 cm³/mol. The number of halogens is 2.